The molecule has 1 N–H and O–H groups in total. The van der Waals surface area contributed by atoms with Crippen molar-refractivity contribution in [2.45, 2.75) is 47.1 Å². The number of rotatable bonds is 9. The van der Waals surface area contributed by atoms with Crippen LogP contribution in [-0.2, 0) is 14.3 Å². The van der Waals surface area contributed by atoms with Gasteiger partial charge in [-0.05, 0) is 44.6 Å². The molecule has 0 spiro atoms. The van der Waals surface area contributed by atoms with E-state index in [1.165, 1.54) is 17.7 Å². The summed E-state index contributed by atoms with van der Waals surface area (Å²) in [5.74, 6) is -2.22. The Bertz CT molecular complexity index is 1010. The fourth-order valence-electron chi connectivity index (χ4n) is 2.79. The molecule has 0 aliphatic rings. The number of carbonyl (C=O) groups is 3. The first kappa shape index (κ1) is 24.0. The lowest BCUT2D eigenvalue weighted by molar-refractivity contribution is -0.389. The molecule has 0 aliphatic heterocycles. The van der Waals surface area contributed by atoms with Crippen LogP contribution < -0.4 is 5.32 Å². The fraction of sp³-hybridized carbons (Fsp3) is 0.474. The summed E-state index contributed by atoms with van der Waals surface area (Å²) in [7, 11) is 0. The molecule has 168 valence electrons. The van der Waals surface area contributed by atoms with Gasteiger partial charge in [-0.25, -0.2) is 9.59 Å². The van der Waals surface area contributed by atoms with Crippen LogP contribution in [0.25, 0.3) is 0 Å². The summed E-state index contributed by atoms with van der Waals surface area (Å²) in [6.45, 7) is 8.52. The third-order valence-corrected chi connectivity index (χ3v) is 5.52. The van der Waals surface area contributed by atoms with Crippen molar-refractivity contribution in [1.82, 2.24) is 9.78 Å². The minimum Gasteiger partial charge on any atom is -0.462 e. The Kier molecular flexibility index (Phi) is 7.86. The lowest BCUT2D eigenvalue weighted by Gasteiger charge is -2.12. The third-order valence-electron chi connectivity index (χ3n) is 4.33. The molecule has 2 aromatic rings. The summed E-state index contributed by atoms with van der Waals surface area (Å²) < 4.78 is 11.4. The molecule has 31 heavy (non-hydrogen) atoms. The van der Waals surface area contributed by atoms with E-state index >= 15 is 0 Å². The minimum atomic E-state index is -0.915. The van der Waals surface area contributed by atoms with Crippen LogP contribution in [0.1, 0.15) is 64.5 Å². The Morgan fingerprint density at radius 1 is 1.26 bits per heavy atom. The van der Waals surface area contributed by atoms with Gasteiger partial charge < -0.3 is 24.9 Å². The average Bonchev–Trinajstić information content (AvgIpc) is 3.26. The van der Waals surface area contributed by atoms with Gasteiger partial charge in [-0.2, -0.15) is 4.68 Å². The Balaban J connectivity index is 2.38. The Morgan fingerprint density at radius 2 is 1.94 bits per heavy atom. The first-order chi connectivity index (χ1) is 14.6. The van der Waals surface area contributed by atoms with Gasteiger partial charge in [0, 0.05) is 0 Å². The van der Waals surface area contributed by atoms with Gasteiger partial charge in [0.25, 0.3) is 5.91 Å². The van der Waals surface area contributed by atoms with Crippen molar-refractivity contribution in [3.8, 4) is 0 Å². The second-order valence-corrected chi connectivity index (χ2v) is 7.65. The lowest BCUT2D eigenvalue weighted by atomic mass is 10.1. The van der Waals surface area contributed by atoms with Crippen molar-refractivity contribution in [2.24, 2.45) is 0 Å². The van der Waals surface area contributed by atoms with E-state index in [2.05, 4.69) is 10.4 Å². The summed E-state index contributed by atoms with van der Waals surface area (Å²) in [5, 5.41) is 17.6. The molecule has 0 bridgehead atoms. The van der Waals surface area contributed by atoms with Crippen LogP contribution in [0.5, 0.6) is 0 Å². The number of amides is 1. The summed E-state index contributed by atoms with van der Waals surface area (Å²) in [6.07, 6.45) is 0.607. The van der Waals surface area contributed by atoms with Gasteiger partial charge in [0.1, 0.15) is 15.9 Å². The SMILES string of the molecule is CCCOC(=O)c1c(NC(=O)C(C)n2nc([N+](=O)[O-])cc2C)sc(C(=O)OCC)c1C. The van der Waals surface area contributed by atoms with Gasteiger partial charge in [0.05, 0.1) is 35.6 Å². The molecule has 0 saturated heterocycles. The minimum absolute atomic E-state index is 0.0743. The van der Waals surface area contributed by atoms with E-state index in [1.54, 1.807) is 20.8 Å². The highest BCUT2D eigenvalue weighted by Crippen LogP contribution is 2.35. The van der Waals surface area contributed by atoms with Gasteiger partial charge in [-0.3, -0.25) is 4.79 Å². The highest BCUT2D eigenvalue weighted by atomic mass is 32.1. The number of aryl methyl sites for hydroxylation is 1. The summed E-state index contributed by atoms with van der Waals surface area (Å²) >= 11 is 0.906. The van der Waals surface area contributed by atoms with Crippen molar-refractivity contribution in [3.05, 3.63) is 37.9 Å². The zero-order valence-corrected chi connectivity index (χ0v) is 18.7. The quantitative estimate of drug-likeness (QED) is 0.346. The molecule has 0 aromatic carbocycles. The zero-order valence-electron chi connectivity index (χ0n) is 17.9. The van der Waals surface area contributed by atoms with Crippen LogP contribution >= 0.6 is 11.3 Å². The number of aromatic nitrogens is 2. The van der Waals surface area contributed by atoms with Crippen LogP contribution in [0.15, 0.2) is 6.07 Å². The smallest absolute Gasteiger partial charge is 0.390 e. The maximum Gasteiger partial charge on any atom is 0.390 e. The van der Waals surface area contributed by atoms with Crippen LogP contribution in [0.2, 0.25) is 0 Å². The Morgan fingerprint density at radius 3 is 2.48 bits per heavy atom. The second-order valence-electron chi connectivity index (χ2n) is 6.63. The molecule has 2 heterocycles. The van der Waals surface area contributed by atoms with Crippen LogP contribution in [0, 0.1) is 24.0 Å². The van der Waals surface area contributed by atoms with Crippen LogP contribution in [-0.4, -0.2) is 45.8 Å². The largest absolute Gasteiger partial charge is 0.462 e. The number of ether oxygens (including phenoxy) is 2. The van der Waals surface area contributed by atoms with Gasteiger partial charge in [0.15, 0.2) is 0 Å². The average molecular weight is 452 g/mol. The Labute approximate surface area is 182 Å². The molecular formula is C19H24N4O7S. The number of hydrogen-bond acceptors (Lipinski definition) is 9. The third kappa shape index (κ3) is 5.26. The molecule has 2 aromatic heterocycles. The van der Waals surface area contributed by atoms with Gasteiger partial charge in [0.2, 0.25) is 0 Å². The van der Waals surface area contributed by atoms with Crippen molar-refractivity contribution in [2.75, 3.05) is 18.5 Å². The number of esters is 2. The number of thiophene rings is 1. The summed E-state index contributed by atoms with van der Waals surface area (Å²) in [5.41, 5.74) is 0.843. The monoisotopic (exact) mass is 452 g/mol. The fourth-order valence-corrected chi connectivity index (χ4v) is 3.88. The van der Waals surface area contributed by atoms with E-state index in [0.29, 0.717) is 17.7 Å². The lowest BCUT2D eigenvalue weighted by Crippen LogP contribution is -2.25. The van der Waals surface area contributed by atoms with Crippen molar-refractivity contribution < 1.29 is 28.8 Å². The number of nitrogens with zero attached hydrogens (tertiary/aromatic N) is 3. The topological polar surface area (TPSA) is 143 Å². The van der Waals surface area contributed by atoms with Gasteiger partial charge >= 0.3 is 17.8 Å². The normalized spacial score (nSPS) is 11.6. The number of anilines is 1. The maximum absolute atomic E-state index is 12.8. The standard InChI is InChI=1S/C19H24N4O7S/c1-6-8-30-18(25)14-11(4)15(19(26)29-7-2)31-17(14)20-16(24)12(5)22-10(3)9-13(21-22)23(27)28/h9,12H,6-8H2,1-5H3,(H,20,24). The first-order valence-corrected chi connectivity index (χ1v) is 10.4. The zero-order chi connectivity index (χ0) is 23.3. The van der Waals surface area contributed by atoms with Gasteiger partial charge in [-0.1, -0.05) is 6.92 Å². The van der Waals surface area contributed by atoms with E-state index in [0.717, 1.165) is 11.3 Å². The van der Waals surface area contributed by atoms with E-state index < -0.39 is 28.8 Å². The van der Waals surface area contributed by atoms with E-state index in [9.17, 15) is 24.5 Å². The van der Waals surface area contributed by atoms with Crippen molar-refractivity contribution in [1.29, 1.82) is 0 Å². The second kappa shape index (κ2) is 10.2. The molecule has 0 saturated carbocycles. The molecular weight excluding hydrogens is 428 g/mol. The molecule has 0 fully saturated rings. The molecule has 11 nitrogen and oxygen atoms in total. The van der Waals surface area contributed by atoms with Crippen molar-refractivity contribution in [3.63, 3.8) is 0 Å². The predicted molar refractivity (Wildman–Crippen MR) is 113 cm³/mol. The first-order valence-electron chi connectivity index (χ1n) is 9.61. The number of nitrogens with one attached hydrogen (secondary N) is 1. The molecule has 12 heteroatoms. The van der Waals surface area contributed by atoms with E-state index in [-0.39, 0.29) is 34.5 Å². The molecule has 1 atom stereocenters. The highest BCUT2D eigenvalue weighted by Gasteiger charge is 2.30. The van der Waals surface area contributed by atoms with Crippen LogP contribution in [0.4, 0.5) is 10.8 Å². The summed E-state index contributed by atoms with van der Waals surface area (Å²) in [6, 6.07) is 0.340. The summed E-state index contributed by atoms with van der Waals surface area (Å²) in [4.78, 5) is 48.2. The van der Waals surface area contributed by atoms with Gasteiger partial charge in [-0.15, -0.1) is 11.3 Å². The molecule has 1 amide bonds. The molecule has 0 radical (unpaired) electrons. The molecule has 0 aliphatic carbocycles. The number of hydrogen-bond donors (Lipinski definition) is 1. The van der Waals surface area contributed by atoms with E-state index in [1.807, 2.05) is 6.92 Å². The predicted octanol–water partition coefficient (Wildman–Crippen LogP) is 3.41. The van der Waals surface area contributed by atoms with Crippen LogP contribution in [0.3, 0.4) is 0 Å². The molecule has 1 unspecified atom stereocenters. The van der Waals surface area contributed by atoms with E-state index in [4.69, 9.17) is 9.47 Å². The van der Waals surface area contributed by atoms with Crippen molar-refractivity contribution >= 4 is 40.0 Å². The number of nitro groups is 1. The number of carbonyl (C=O) groups excluding carboxylic acids is 3. The Hall–Kier alpha value is -3.28. The highest BCUT2D eigenvalue weighted by molar-refractivity contribution is 7.18. The maximum atomic E-state index is 12.8. The molecule has 2 rings (SSSR count).